The normalized spacial score (nSPS) is 11.0. The van der Waals surface area contributed by atoms with Gasteiger partial charge < -0.3 is 0 Å². The van der Waals surface area contributed by atoms with E-state index in [4.69, 9.17) is 0 Å². The summed E-state index contributed by atoms with van der Waals surface area (Å²) in [5.41, 5.74) is 0. The SMILES string of the molecule is Cl.Cl.Cl.Cl.[Mo][C]1=CC=CC1. The van der Waals surface area contributed by atoms with E-state index in [0.717, 1.165) is 0 Å². The van der Waals surface area contributed by atoms with E-state index in [2.05, 4.69) is 38.0 Å². The molecule has 1 rings (SSSR count). The van der Waals surface area contributed by atoms with Gasteiger partial charge in [0.2, 0.25) is 0 Å². The Balaban J connectivity index is -0.0000000450. The van der Waals surface area contributed by atoms with Crippen molar-refractivity contribution in [1.82, 2.24) is 0 Å². The molecule has 1 aliphatic carbocycles. The van der Waals surface area contributed by atoms with Crippen molar-refractivity contribution in [3.05, 3.63) is 22.2 Å². The second-order valence-corrected chi connectivity index (χ2v) is 2.55. The van der Waals surface area contributed by atoms with Crippen molar-refractivity contribution in [1.29, 1.82) is 0 Å². The van der Waals surface area contributed by atoms with Crippen LogP contribution < -0.4 is 0 Å². The summed E-state index contributed by atoms with van der Waals surface area (Å²) in [4.78, 5) is 0. The molecule has 0 aromatic heterocycles. The van der Waals surface area contributed by atoms with E-state index in [-0.39, 0.29) is 49.6 Å². The van der Waals surface area contributed by atoms with Crippen LogP contribution in [0.5, 0.6) is 0 Å². The Morgan fingerprint density at radius 3 is 1.70 bits per heavy atom. The molecule has 5 heteroatoms. The Bertz CT molecular complexity index is 110. The van der Waals surface area contributed by atoms with Gasteiger partial charge in [0.25, 0.3) is 0 Å². The van der Waals surface area contributed by atoms with Gasteiger partial charge in [0.15, 0.2) is 0 Å². The van der Waals surface area contributed by atoms with Crippen molar-refractivity contribution in [2.45, 2.75) is 6.42 Å². The Hall–Kier alpha value is 1.33. The minimum absolute atomic E-state index is 0. The zero-order valence-corrected chi connectivity index (χ0v) is 10.3. The molecule has 0 saturated heterocycles. The number of halogens is 4. The van der Waals surface area contributed by atoms with Gasteiger partial charge in [-0.05, 0) is 0 Å². The fourth-order valence-electron chi connectivity index (χ4n) is 0.428. The average Bonchev–Trinajstić information content (AvgIpc) is 1.86. The molecule has 0 unspecified atom stereocenters. The van der Waals surface area contributed by atoms with Crippen LogP contribution in [0.25, 0.3) is 0 Å². The van der Waals surface area contributed by atoms with E-state index >= 15 is 0 Å². The van der Waals surface area contributed by atoms with E-state index in [9.17, 15) is 0 Å². The summed E-state index contributed by atoms with van der Waals surface area (Å²) < 4.78 is 1.48. The molecule has 0 spiro atoms. The van der Waals surface area contributed by atoms with Gasteiger partial charge in [-0.1, -0.05) is 0 Å². The van der Waals surface area contributed by atoms with Crippen LogP contribution in [-0.4, -0.2) is 0 Å². The molecular formula is C5H9Cl4Mo. The van der Waals surface area contributed by atoms with E-state index in [1.54, 1.807) is 0 Å². The fourth-order valence-corrected chi connectivity index (χ4v) is 0.857. The van der Waals surface area contributed by atoms with Crippen molar-refractivity contribution < 1.29 is 19.8 Å². The Morgan fingerprint density at radius 2 is 1.60 bits per heavy atom. The van der Waals surface area contributed by atoms with Gasteiger partial charge in [-0.2, -0.15) is 0 Å². The summed E-state index contributed by atoms with van der Waals surface area (Å²) in [7, 11) is 0. The monoisotopic (exact) mass is 307 g/mol. The molecule has 0 radical (unpaired) electrons. The van der Waals surface area contributed by atoms with E-state index < -0.39 is 0 Å². The Morgan fingerprint density at radius 1 is 1.10 bits per heavy atom. The van der Waals surface area contributed by atoms with Crippen LogP contribution in [0.1, 0.15) is 6.42 Å². The summed E-state index contributed by atoms with van der Waals surface area (Å²) in [5, 5.41) is 0. The maximum absolute atomic E-state index is 2.16. The average molecular weight is 307 g/mol. The van der Waals surface area contributed by atoms with Crippen molar-refractivity contribution in [2.75, 3.05) is 0 Å². The first-order chi connectivity index (χ1) is 2.89. The van der Waals surface area contributed by atoms with Crippen LogP contribution in [0.4, 0.5) is 0 Å². The van der Waals surface area contributed by atoms with E-state index in [1.165, 1.54) is 10.4 Å². The molecule has 0 saturated carbocycles. The van der Waals surface area contributed by atoms with Gasteiger partial charge in [-0.3, -0.25) is 0 Å². The topological polar surface area (TPSA) is 0 Å². The minimum atomic E-state index is 0. The Kier molecular flexibility index (Phi) is 29.2. The molecule has 0 bridgehead atoms. The zero-order valence-electron chi connectivity index (χ0n) is 4.98. The number of allylic oxidation sites excluding steroid dienone is 4. The molecule has 1 aliphatic rings. The second-order valence-electron chi connectivity index (χ2n) is 1.27. The van der Waals surface area contributed by atoms with Crippen molar-refractivity contribution in [3.8, 4) is 0 Å². The van der Waals surface area contributed by atoms with Crippen molar-refractivity contribution >= 4 is 49.6 Å². The summed E-state index contributed by atoms with van der Waals surface area (Å²) in [6.45, 7) is 0. The summed E-state index contributed by atoms with van der Waals surface area (Å²) in [5.74, 6) is 0. The molecule has 10 heavy (non-hydrogen) atoms. The molecule has 0 aliphatic heterocycles. The van der Waals surface area contributed by atoms with Crippen molar-refractivity contribution in [2.24, 2.45) is 0 Å². The standard InChI is InChI=1S/C5H5.4ClH.Mo/c1-2-4-5-3-1;;;;;/h1-3H,4H2;4*1H;. The van der Waals surface area contributed by atoms with Gasteiger partial charge in [-0.25, -0.2) is 0 Å². The first-order valence-corrected chi connectivity index (χ1v) is 2.92. The molecule has 0 heterocycles. The first-order valence-electron chi connectivity index (χ1n) is 1.92. The van der Waals surface area contributed by atoms with Gasteiger partial charge >= 0.3 is 48.4 Å². The molecule has 0 amide bonds. The van der Waals surface area contributed by atoms with Crippen LogP contribution in [0.2, 0.25) is 0 Å². The quantitative estimate of drug-likeness (QED) is 0.603. The van der Waals surface area contributed by atoms with Crippen LogP contribution in [0.3, 0.4) is 0 Å². The van der Waals surface area contributed by atoms with E-state index in [0.29, 0.717) is 0 Å². The van der Waals surface area contributed by atoms with Gasteiger partial charge in [0.1, 0.15) is 0 Å². The molecule has 0 aromatic carbocycles. The molecule has 0 nitrogen and oxygen atoms in total. The summed E-state index contributed by atoms with van der Waals surface area (Å²) in [6, 6.07) is 0. The molecule has 0 fully saturated rings. The summed E-state index contributed by atoms with van der Waals surface area (Å²) >= 11 is 2.07. The third kappa shape index (κ3) is 9.33. The number of hydrogen-bond acceptors (Lipinski definition) is 0. The van der Waals surface area contributed by atoms with Crippen LogP contribution in [-0.2, 0) is 19.8 Å². The first kappa shape index (κ1) is 22.5. The van der Waals surface area contributed by atoms with Gasteiger partial charge in [0, 0.05) is 0 Å². The van der Waals surface area contributed by atoms with E-state index in [1.807, 2.05) is 0 Å². The summed E-state index contributed by atoms with van der Waals surface area (Å²) in [6.07, 6.45) is 7.57. The molecule has 0 atom stereocenters. The maximum atomic E-state index is 2.16. The fraction of sp³-hybridized carbons (Fsp3) is 0.200. The number of hydrogen-bond donors (Lipinski definition) is 0. The second kappa shape index (κ2) is 13.0. The van der Waals surface area contributed by atoms with Gasteiger partial charge in [-0.15, -0.1) is 49.6 Å². The predicted molar refractivity (Wildman–Crippen MR) is 50.8 cm³/mol. The number of rotatable bonds is 0. The Labute approximate surface area is 97.4 Å². The molecule has 0 N–H and O–H groups in total. The van der Waals surface area contributed by atoms with Gasteiger partial charge in [0.05, 0.1) is 0 Å². The molecule has 0 aromatic rings. The van der Waals surface area contributed by atoms with Crippen LogP contribution in [0.15, 0.2) is 22.2 Å². The van der Waals surface area contributed by atoms with Crippen LogP contribution >= 0.6 is 49.6 Å². The van der Waals surface area contributed by atoms with Crippen LogP contribution in [0, 0.1) is 0 Å². The predicted octanol–water partition coefficient (Wildman–Crippen LogP) is 3.06. The molecular weight excluding hydrogens is 298 g/mol. The third-order valence-corrected chi connectivity index (χ3v) is 1.48. The third-order valence-electron chi connectivity index (χ3n) is 0.737. The molecule has 63 valence electrons. The zero-order chi connectivity index (χ0) is 4.41. The van der Waals surface area contributed by atoms with Crippen molar-refractivity contribution in [3.63, 3.8) is 0 Å².